The molecular formula is C22H24N4O2S2. The van der Waals surface area contributed by atoms with Crippen molar-refractivity contribution in [2.75, 3.05) is 10.2 Å². The van der Waals surface area contributed by atoms with E-state index in [2.05, 4.69) is 22.4 Å². The SMILES string of the molecule is CCCc1nnc(NC(=O)C2CCC(=O)N(c3ccc(C)cc3)C2c2cccs2)s1. The molecule has 0 radical (unpaired) electrons. The molecule has 2 aromatic heterocycles. The molecule has 8 heteroatoms. The van der Waals surface area contributed by atoms with Crippen LogP contribution in [0.25, 0.3) is 0 Å². The van der Waals surface area contributed by atoms with Crippen molar-refractivity contribution >= 4 is 45.3 Å². The molecule has 2 unspecified atom stereocenters. The average molecular weight is 441 g/mol. The van der Waals surface area contributed by atoms with E-state index >= 15 is 0 Å². The highest BCUT2D eigenvalue weighted by atomic mass is 32.1. The van der Waals surface area contributed by atoms with E-state index in [4.69, 9.17) is 0 Å². The van der Waals surface area contributed by atoms with Crippen molar-refractivity contribution < 1.29 is 9.59 Å². The first-order valence-electron chi connectivity index (χ1n) is 10.1. The molecule has 1 aromatic carbocycles. The van der Waals surface area contributed by atoms with E-state index in [0.717, 1.165) is 34.0 Å². The number of benzene rings is 1. The van der Waals surface area contributed by atoms with E-state index in [1.54, 1.807) is 16.2 Å². The summed E-state index contributed by atoms with van der Waals surface area (Å²) in [6, 6.07) is 11.5. The second kappa shape index (κ2) is 9.06. The Balaban J connectivity index is 1.64. The maximum absolute atomic E-state index is 13.3. The molecule has 0 aliphatic carbocycles. The number of aryl methyl sites for hydroxylation is 2. The van der Waals surface area contributed by atoms with Gasteiger partial charge in [0.1, 0.15) is 5.01 Å². The van der Waals surface area contributed by atoms with Crippen LogP contribution in [-0.2, 0) is 16.0 Å². The zero-order valence-electron chi connectivity index (χ0n) is 17.0. The molecular weight excluding hydrogens is 416 g/mol. The van der Waals surface area contributed by atoms with Crippen molar-refractivity contribution in [2.45, 2.75) is 45.6 Å². The largest absolute Gasteiger partial charge is 0.303 e. The standard InChI is InChI=1S/C22H24N4O2S2/c1-3-5-18-24-25-22(30-18)23-21(28)16-11-12-19(27)26(15-9-7-14(2)8-10-15)20(16)17-6-4-13-29-17/h4,6-10,13,16,20H,3,5,11-12H2,1-2H3,(H,23,25,28). The Morgan fingerprint density at radius 2 is 2.03 bits per heavy atom. The van der Waals surface area contributed by atoms with Gasteiger partial charge < -0.3 is 10.2 Å². The summed E-state index contributed by atoms with van der Waals surface area (Å²) < 4.78 is 0. The van der Waals surface area contributed by atoms with Crippen LogP contribution < -0.4 is 10.2 Å². The Hall–Kier alpha value is -2.58. The van der Waals surface area contributed by atoms with Gasteiger partial charge in [-0.2, -0.15) is 0 Å². The number of hydrogen-bond acceptors (Lipinski definition) is 6. The quantitative estimate of drug-likeness (QED) is 0.586. The predicted molar refractivity (Wildman–Crippen MR) is 121 cm³/mol. The van der Waals surface area contributed by atoms with Crippen LogP contribution in [-0.4, -0.2) is 22.0 Å². The first-order valence-corrected chi connectivity index (χ1v) is 11.8. The molecule has 30 heavy (non-hydrogen) atoms. The van der Waals surface area contributed by atoms with Gasteiger partial charge in [-0.25, -0.2) is 0 Å². The van der Waals surface area contributed by atoms with Gasteiger partial charge in [-0.3, -0.25) is 9.59 Å². The normalized spacial score (nSPS) is 19.1. The Morgan fingerprint density at radius 1 is 1.23 bits per heavy atom. The molecule has 1 fully saturated rings. The van der Waals surface area contributed by atoms with Gasteiger partial charge in [0.05, 0.1) is 12.0 Å². The van der Waals surface area contributed by atoms with Crippen molar-refractivity contribution in [1.29, 1.82) is 0 Å². The minimum Gasteiger partial charge on any atom is -0.303 e. The van der Waals surface area contributed by atoms with Crippen LogP contribution >= 0.6 is 22.7 Å². The highest BCUT2D eigenvalue weighted by Crippen LogP contribution is 2.42. The first kappa shape index (κ1) is 20.7. The Kier molecular flexibility index (Phi) is 6.24. The number of hydrogen-bond donors (Lipinski definition) is 1. The number of amides is 2. The molecule has 1 aliphatic rings. The van der Waals surface area contributed by atoms with E-state index in [-0.39, 0.29) is 23.8 Å². The number of thiophene rings is 1. The van der Waals surface area contributed by atoms with Gasteiger partial charge >= 0.3 is 0 Å². The molecule has 1 saturated heterocycles. The van der Waals surface area contributed by atoms with Gasteiger partial charge in [-0.05, 0) is 43.3 Å². The molecule has 4 rings (SSSR count). The van der Waals surface area contributed by atoms with E-state index in [1.165, 1.54) is 11.3 Å². The van der Waals surface area contributed by atoms with Gasteiger partial charge in [0.25, 0.3) is 0 Å². The van der Waals surface area contributed by atoms with Crippen LogP contribution in [0.15, 0.2) is 41.8 Å². The first-order chi connectivity index (χ1) is 14.6. The lowest BCUT2D eigenvalue weighted by Gasteiger charge is -2.40. The van der Waals surface area contributed by atoms with Gasteiger partial charge in [0.2, 0.25) is 16.9 Å². The van der Waals surface area contributed by atoms with E-state index in [9.17, 15) is 9.59 Å². The summed E-state index contributed by atoms with van der Waals surface area (Å²) in [5, 5.41) is 14.6. The smallest absolute Gasteiger partial charge is 0.231 e. The Morgan fingerprint density at radius 3 is 2.73 bits per heavy atom. The molecule has 2 amide bonds. The lowest BCUT2D eigenvalue weighted by atomic mass is 9.86. The van der Waals surface area contributed by atoms with Gasteiger partial charge in [-0.1, -0.05) is 42.0 Å². The number of aromatic nitrogens is 2. The minimum atomic E-state index is -0.360. The van der Waals surface area contributed by atoms with Crippen LogP contribution in [0.5, 0.6) is 0 Å². The topological polar surface area (TPSA) is 75.2 Å². The highest BCUT2D eigenvalue weighted by molar-refractivity contribution is 7.15. The van der Waals surface area contributed by atoms with Gasteiger partial charge in [0.15, 0.2) is 0 Å². The number of carbonyl (C=O) groups is 2. The summed E-state index contributed by atoms with van der Waals surface area (Å²) in [5.41, 5.74) is 1.95. The summed E-state index contributed by atoms with van der Waals surface area (Å²) >= 11 is 2.99. The maximum Gasteiger partial charge on any atom is 0.231 e. The fourth-order valence-corrected chi connectivity index (χ4v) is 5.50. The highest BCUT2D eigenvalue weighted by Gasteiger charge is 2.42. The average Bonchev–Trinajstić information content (AvgIpc) is 3.41. The minimum absolute atomic E-state index is 0.0439. The van der Waals surface area contributed by atoms with Crippen LogP contribution in [0.1, 0.15) is 47.7 Å². The van der Waals surface area contributed by atoms with Crippen molar-refractivity contribution in [3.8, 4) is 0 Å². The molecule has 0 bridgehead atoms. The molecule has 1 N–H and O–H groups in total. The predicted octanol–water partition coefficient (Wildman–Crippen LogP) is 4.98. The van der Waals surface area contributed by atoms with Crippen molar-refractivity contribution in [2.24, 2.45) is 5.92 Å². The molecule has 0 saturated carbocycles. The van der Waals surface area contributed by atoms with E-state index in [1.807, 2.05) is 48.7 Å². The van der Waals surface area contributed by atoms with Crippen LogP contribution in [0.2, 0.25) is 0 Å². The lowest BCUT2D eigenvalue weighted by molar-refractivity contribution is -0.125. The lowest BCUT2D eigenvalue weighted by Crippen LogP contribution is -2.46. The molecule has 156 valence electrons. The second-order valence-corrected chi connectivity index (χ2v) is 9.49. The van der Waals surface area contributed by atoms with Crippen molar-refractivity contribution in [1.82, 2.24) is 10.2 Å². The number of nitrogens with zero attached hydrogens (tertiary/aromatic N) is 3. The summed E-state index contributed by atoms with van der Waals surface area (Å²) in [6.45, 7) is 4.10. The zero-order valence-corrected chi connectivity index (χ0v) is 18.6. The third kappa shape index (κ3) is 4.29. The fourth-order valence-electron chi connectivity index (χ4n) is 3.78. The third-order valence-corrected chi connectivity index (χ3v) is 7.08. The van der Waals surface area contributed by atoms with Gasteiger partial charge in [0, 0.05) is 23.4 Å². The summed E-state index contributed by atoms with van der Waals surface area (Å²) in [7, 11) is 0. The third-order valence-electron chi connectivity index (χ3n) is 5.24. The summed E-state index contributed by atoms with van der Waals surface area (Å²) in [6.07, 6.45) is 2.69. The van der Waals surface area contributed by atoms with Crippen molar-refractivity contribution in [3.63, 3.8) is 0 Å². The Bertz CT molecular complexity index is 1010. The zero-order chi connectivity index (χ0) is 21.1. The molecule has 2 atom stereocenters. The molecule has 3 heterocycles. The molecule has 1 aliphatic heterocycles. The van der Waals surface area contributed by atoms with Crippen LogP contribution in [0.4, 0.5) is 10.8 Å². The fraction of sp³-hybridized carbons (Fsp3) is 0.364. The number of carbonyl (C=O) groups excluding carboxylic acids is 2. The molecule has 3 aromatic rings. The van der Waals surface area contributed by atoms with Crippen molar-refractivity contribution in [3.05, 3.63) is 57.2 Å². The Labute approximate surface area is 184 Å². The van der Waals surface area contributed by atoms with Crippen LogP contribution in [0.3, 0.4) is 0 Å². The van der Waals surface area contributed by atoms with E-state index in [0.29, 0.717) is 18.0 Å². The number of nitrogens with one attached hydrogen (secondary N) is 1. The van der Waals surface area contributed by atoms with Crippen LogP contribution in [0, 0.1) is 12.8 Å². The molecule has 0 spiro atoms. The van der Waals surface area contributed by atoms with E-state index < -0.39 is 0 Å². The number of anilines is 2. The second-order valence-electron chi connectivity index (χ2n) is 7.44. The maximum atomic E-state index is 13.3. The molecule has 6 nitrogen and oxygen atoms in total. The van der Waals surface area contributed by atoms with Gasteiger partial charge in [-0.15, -0.1) is 21.5 Å². The number of piperidine rings is 1. The summed E-state index contributed by atoms with van der Waals surface area (Å²) in [4.78, 5) is 29.0. The number of rotatable bonds is 6. The summed E-state index contributed by atoms with van der Waals surface area (Å²) in [5.74, 6) is -0.430. The monoisotopic (exact) mass is 440 g/mol.